The molecule has 1 aromatic heterocycles. The second-order valence-corrected chi connectivity index (χ2v) is 11.4. The molecule has 3 aromatic carbocycles. The highest BCUT2D eigenvalue weighted by molar-refractivity contribution is 6.06. The van der Waals surface area contributed by atoms with Gasteiger partial charge < -0.3 is 34.6 Å². The number of benzene rings is 3. The highest BCUT2D eigenvalue weighted by Gasteiger charge is 2.22. The number of carbonyl (C=O) groups is 3. The quantitative estimate of drug-likeness (QED) is 0.262. The minimum absolute atomic E-state index is 0.0586. The van der Waals surface area contributed by atoms with Crippen molar-refractivity contribution in [2.75, 3.05) is 56.8 Å². The summed E-state index contributed by atoms with van der Waals surface area (Å²) in [7, 11) is 2.10. The number of likely N-dealkylation sites (N-methyl/N-ethyl adjacent to an activating group) is 1. The third-order valence-electron chi connectivity index (χ3n) is 8.15. The molecule has 236 valence electrons. The number of piperazine rings is 1. The van der Waals surface area contributed by atoms with Gasteiger partial charge in [0.1, 0.15) is 0 Å². The molecule has 0 saturated carbocycles. The van der Waals surface area contributed by atoms with Crippen LogP contribution in [0.1, 0.15) is 32.7 Å². The Labute approximate surface area is 267 Å². The molecule has 2 aliphatic rings. The maximum atomic E-state index is 13.5. The SMILES string of the molecule is CN1CCN(c2ccc(-c3cccc(CN(CCC(=O)O)C(=O)c4cccnc4)c3)cc2NC(=O)c2ccc3c(c2)OCO3)CC1. The number of nitrogens with zero attached hydrogens (tertiary/aromatic N) is 4. The van der Waals surface area contributed by atoms with Crippen molar-refractivity contribution in [1.82, 2.24) is 14.8 Å². The van der Waals surface area contributed by atoms with E-state index in [9.17, 15) is 19.5 Å². The molecule has 0 spiro atoms. The lowest BCUT2D eigenvalue weighted by molar-refractivity contribution is -0.137. The van der Waals surface area contributed by atoms with Crippen molar-refractivity contribution in [3.63, 3.8) is 0 Å². The van der Waals surface area contributed by atoms with E-state index < -0.39 is 5.97 Å². The number of anilines is 2. The van der Waals surface area contributed by atoms with Gasteiger partial charge in [0.05, 0.1) is 23.4 Å². The number of amides is 2. The average Bonchev–Trinajstić information content (AvgIpc) is 3.55. The van der Waals surface area contributed by atoms with E-state index in [4.69, 9.17) is 9.47 Å². The van der Waals surface area contributed by atoms with Crippen molar-refractivity contribution < 1.29 is 29.0 Å². The van der Waals surface area contributed by atoms with Crippen LogP contribution >= 0.6 is 0 Å². The molecule has 0 aliphatic carbocycles. The lowest BCUT2D eigenvalue weighted by atomic mass is 10.0. The minimum Gasteiger partial charge on any atom is -0.481 e. The van der Waals surface area contributed by atoms with E-state index in [1.165, 1.54) is 11.1 Å². The Kier molecular flexibility index (Phi) is 9.11. The molecule has 2 N–H and O–H groups in total. The Morgan fingerprint density at radius 3 is 2.48 bits per heavy atom. The zero-order valence-electron chi connectivity index (χ0n) is 25.5. The van der Waals surface area contributed by atoms with Crippen LogP contribution in [0.4, 0.5) is 11.4 Å². The van der Waals surface area contributed by atoms with Gasteiger partial charge in [0.2, 0.25) is 6.79 Å². The number of carbonyl (C=O) groups excluding carboxylic acids is 2. The van der Waals surface area contributed by atoms with E-state index in [0.717, 1.165) is 48.6 Å². The first kappa shape index (κ1) is 30.6. The number of aromatic nitrogens is 1. The summed E-state index contributed by atoms with van der Waals surface area (Å²) in [5.41, 5.74) is 5.10. The monoisotopic (exact) mass is 621 g/mol. The van der Waals surface area contributed by atoms with E-state index in [1.54, 1.807) is 36.5 Å². The molecule has 1 fully saturated rings. The summed E-state index contributed by atoms with van der Waals surface area (Å²) < 4.78 is 10.9. The number of fused-ring (bicyclic) bond motifs is 1. The lowest BCUT2D eigenvalue weighted by Crippen LogP contribution is -2.44. The molecule has 4 aromatic rings. The molecule has 2 amide bonds. The first-order valence-electron chi connectivity index (χ1n) is 15.1. The van der Waals surface area contributed by atoms with Crippen molar-refractivity contribution >= 4 is 29.2 Å². The maximum absolute atomic E-state index is 13.5. The van der Waals surface area contributed by atoms with Gasteiger partial charge in [-0.25, -0.2) is 0 Å². The van der Waals surface area contributed by atoms with E-state index in [1.807, 2.05) is 42.5 Å². The van der Waals surface area contributed by atoms with Crippen LogP contribution in [0.5, 0.6) is 11.5 Å². The second kappa shape index (κ2) is 13.7. The Morgan fingerprint density at radius 2 is 1.70 bits per heavy atom. The molecule has 3 heterocycles. The standard InChI is InChI=1S/C35H35N5O6/c1-38-14-16-39(17-15-38)30-9-7-26(19-29(30)37-34(43)27-8-10-31-32(20-27)46-23-45-31)25-5-2-4-24(18-25)22-40(13-11-33(41)42)35(44)28-6-3-12-36-21-28/h2-10,12,18-21H,11,13-17,22-23H2,1H3,(H,37,43)(H,41,42). The highest BCUT2D eigenvalue weighted by Crippen LogP contribution is 2.35. The second-order valence-electron chi connectivity index (χ2n) is 11.4. The van der Waals surface area contributed by atoms with Gasteiger partial charge in [-0.15, -0.1) is 0 Å². The van der Waals surface area contributed by atoms with Crippen LogP contribution in [0, 0.1) is 0 Å². The largest absolute Gasteiger partial charge is 0.481 e. The van der Waals surface area contributed by atoms with E-state index >= 15 is 0 Å². The topological polar surface area (TPSA) is 125 Å². The maximum Gasteiger partial charge on any atom is 0.305 e. The number of nitrogens with one attached hydrogen (secondary N) is 1. The molecular formula is C35H35N5O6. The van der Waals surface area contributed by atoms with Crippen LogP contribution in [0.25, 0.3) is 11.1 Å². The fraction of sp³-hybridized carbons (Fsp3) is 0.257. The molecule has 11 nitrogen and oxygen atoms in total. The van der Waals surface area contributed by atoms with Crippen molar-refractivity contribution in [3.05, 3.63) is 102 Å². The summed E-state index contributed by atoms with van der Waals surface area (Å²) in [4.78, 5) is 48.3. The number of aliphatic carboxylic acids is 1. The molecule has 0 atom stereocenters. The predicted molar refractivity (Wildman–Crippen MR) is 173 cm³/mol. The minimum atomic E-state index is -0.978. The van der Waals surface area contributed by atoms with Gasteiger partial charge in [0, 0.05) is 57.2 Å². The Bertz CT molecular complexity index is 1740. The number of carboxylic acid groups (broad SMARTS) is 1. The van der Waals surface area contributed by atoms with Crippen molar-refractivity contribution in [2.45, 2.75) is 13.0 Å². The highest BCUT2D eigenvalue weighted by atomic mass is 16.7. The van der Waals surface area contributed by atoms with Gasteiger partial charge in [-0.1, -0.05) is 24.3 Å². The lowest BCUT2D eigenvalue weighted by Gasteiger charge is -2.35. The fourth-order valence-corrected chi connectivity index (χ4v) is 5.60. The van der Waals surface area contributed by atoms with E-state index in [-0.39, 0.29) is 38.1 Å². The Balaban J connectivity index is 1.28. The summed E-state index contributed by atoms with van der Waals surface area (Å²) in [5.74, 6) is -0.377. The zero-order chi connectivity index (χ0) is 32.0. The summed E-state index contributed by atoms with van der Waals surface area (Å²) in [6, 6.07) is 22.3. The van der Waals surface area contributed by atoms with Crippen LogP contribution in [-0.4, -0.2) is 84.2 Å². The van der Waals surface area contributed by atoms with Gasteiger partial charge in [-0.3, -0.25) is 19.4 Å². The van der Waals surface area contributed by atoms with Crippen LogP contribution < -0.4 is 19.7 Å². The predicted octanol–water partition coefficient (Wildman–Crippen LogP) is 4.60. The number of pyridine rings is 1. The molecule has 2 aliphatic heterocycles. The number of ether oxygens (including phenoxy) is 2. The van der Waals surface area contributed by atoms with E-state index in [0.29, 0.717) is 28.3 Å². The number of hydrogen-bond acceptors (Lipinski definition) is 8. The third-order valence-corrected chi connectivity index (χ3v) is 8.15. The van der Waals surface area contributed by atoms with Crippen molar-refractivity contribution in [2.24, 2.45) is 0 Å². The smallest absolute Gasteiger partial charge is 0.305 e. The summed E-state index contributed by atoms with van der Waals surface area (Å²) in [6.45, 7) is 3.89. The molecule has 0 radical (unpaired) electrons. The van der Waals surface area contributed by atoms with Crippen molar-refractivity contribution in [3.8, 4) is 22.6 Å². The summed E-state index contributed by atoms with van der Waals surface area (Å²) in [6.07, 6.45) is 2.89. The van der Waals surface area contributed by atoms with E-state index in [2.05, 4.69) is 27.1 Å². The third kappa shape index (κ3) is 7.10. The van der Waals surface area contributed by atoms with Crippen LogP contribution in [0.2, 0.25) is 0 Å². The fourth-order valence-electron chi connectivity index (χ4n) is 5.60. The van der Waals surface area contributed by atoms with Crippen LogP contribution in [-0.2, 0) is 11.3 Å². The van der Waals surface area contributed by atoms with Gasteiger partial charge in [-0.05, 0) is 72.3 Å². The first-order chi connectivity index (χ1) is 22.3. The van der Waals surface area contributed by atoms with Crippen LogP contribution in [0.15, 0.2) is 85.2 Å². The van der Waals surface area contributed by atoms with Gasteiger partial charge in [-0.2, -0.15) is 0 Å². The number of carboxylic acids is 1. The first-order valence-corrected chi connectivity index (χ1v) is 15.1. The molecule has 1 saturated heterocycles. The summed E-state index contributed by atoms with van der Waals surface area (Å²) >= 11 is 0. The Hall–Kier alpha value is -5.42. The van der Waals surface area contributed by atoms with Gasteiger partial charge in [0.15, 0.2) is 11.5 Å². The Morgan fingerprint density at radius 1 is 0.891 bits per heavy atom. The van der Waals surface area contributed by atoms with Crippen LogP contribution in [0.3, 0.4) is 0 Å². The molecule has 46 heavy (non-hydrogen) atoms. The molecular weight excluding hydrogens is 586 g/mol. The van der Waals surface area contributed by atoms with Crippen molar-refractivity contribution in [1.29, 1.82) is 0 Å². The zero-order valence-corrected chi connectivity index (χ0v) is 25.5. The summed E-state index contributed by atoms with van der Waals surface area (Å²) in [5, 5.41) is 12.4. The number of rotatable bonds is 10. The number of hydrogen-bond donors (Lipinski definition) is 2. The van der Waals surface area contributed by atoms with Gasteiger partial charge >= 0.3 is 5.97 Å². The molecule has 0 unspecified atom stereocenters. The average molecular weight is 622 g/mol. The normalized spacial score (nSPS) is 14.2. The molecule has 6 rings (SSSR count). The molecule has 0 bridgehead atoms. The molecule has 11 heteroatoms. The van der Waals surface area contributed by atoms with Gasteiger partial charge in [0.25, 0.3) is 11.8 Å².